The number of ether oxygens (including phenoxy) is 5. The minimum absolute atomic E-state index is 0.0682. The summed E-state index contributed by atoms with van der Waals surface area (Å²) in [7, 11) is 0. The van der Waals surface area contributed by atoms with Crippen LogP contribution in [-0.4, -0.2) is 73.3 Å². The number of nitrogens with zero attached hydrogens (tertiary/aromatic N) is 2. The van der Waals surface area contributed by atoms with Gasteiger partial charge in [-0.3, -0.25) is 9.13 Å². The van der Waals surface area contributed by atoms with Gasteiger partial charge in [-0.05, 0) is 72.8 Å². The van der Waals surface area contributed by atoms with Crippen LogP contribution in [-0.2, 0) is 22.6 Å². The van der Waals surface area contributed by atoms with Gasteiger partial charge in [-0.2, -0.15) is 0 Å². The molecule has 2 saturated heterocycles. The van der Waals surface area contributed by atoms with E-state index in [0.29, 0.717) is 50.1 Å². The molecule has 8 rings (SSSR count). The maximum absolute atomic E-state index is 12.2. The number of halogens is 4. The van der Waals surface area contributed by atoms with Crippen molar-refractivity contribution in [1.29, 1.82) is 0 Å². The van der Waals surface area contributed by atoms with Gasteiger partial charge < -0.3 is 43.9 Å². The molecule has 0 bridgehead atoms. The molecule has 13 nitrogen and oxygen atoms in total. The molecule has 52 heavy (non-hydrogen) atoms. The fraction of sp³-hybridized carbons (Fsp3) is 0.257. The first-order valence-electron chi connectivity index (χ1n) is 15.8. The van der Waals surface area contributed by atoms with Crippen molar-refractivity contribution in [2.45, 2.75) is 30.7 Å². The maximum atomic E-state index is 12.2. The predicted octanol–water partition coefficient (Wildman–Crippen LogP) is 5.32. The van der Waals surface area contributed by atoms with Gasteiger partial charge in [0, 0.05) is 17.2 Å². The molecule has 0 radical (unpaired) electrons. The molecule has 4 aromatic carbocycles. The van der Waals surface area contributed by atoms with E-state index in [4.69, 9.17) is 30.5 Å². The van der Waals surface area contributed by atoms with E-state index in [1.165, 1.54) is 21.3 Å². The number of hydrogen-bond acceptors (Lipinski definition) is 9. The SMILES string of the molecule is O=c1[nH]c2ccc(Oc3ccc(Cl)cc3)cc2n1CC1(O)COC1.O=c1[nH]c2ccc(Oc3ccc(OC(F)(F)F)cc3)cc2n1CC1(O)COC1. The highest BCUT2D eigenvalue weighted by Gasteiger charge is 2.38. The van der Waals surface area contributed by atoms with Gasteiger partial charge in [0.15, 0.2) is 0 Å². The van der Waals surface area contributed by atoms with Crippen LogP contribution in [0.4, 0.5) is 13.2 Å². The van der Waals surface area contributed by atoms with Gasteiger partial charge in [0.1, 0.15) is 39.9 Å². The number of aromatic nitrogens is 4. The third-order valence-electron chi connectivity index (χ3n) is 8.22. The van der Waals surface area contributed by atoms with E-state index in [0.717, 1.165) is 12.1 Å². The Balaban J connectivity index is 0.000000164. The first kappa shape index (κ1) is 35.2. The Labute approximate surface area is 296 Å². The fourth-order valence-corrected chi connectivity index (χ4v) is 5.76. The zero-order chi connectivity index (χ0) is 36.7. The smallest absolute Gasteiger partial charge is 0.457 e. The summed E-state index contributed by atoms with van der Waals surface area (Å²) in [6.45, 7) is 0.998. The van der Waals surface area contributed by atoms with Crippen molar-refractivity contribution in [2.75, 3.05) is 26.4 Å². The van der Waals surface area contributed by atoms with Gasteiger partial charge in [-0.25, -0.2) is 9.59 Å². The average Bonchev–Trinajstić information content (AvgIpc) is 3.54. The molecule has 272 valence electrons. The maximum Gasteiger partial charge on any atom is 0.573 e. The van der Waals surface area contributed by atoms with Gasteiger partial charge >= 0.3 is 17.7 Å². The molecule has 4 N–H and O–H groups in total. The molecule has 2 fully saturated rings. The van der Waals surface area contributed by atoms with Crippen LogP contribution in [0.3, 0.4) is 0 Å². The van der Waals surface area contributed by atoms with Crippen LogP contribution in [0.25, 0.3) is 22.1 Å². The number of imidazole rings is 2. The Morgan fingerprint density at radius 1 is 0.654 bits per heavy atom. The molecule has 0 unspecified atom stereocenters. The standard InChI is InChI=1S/C18H15F3N2O5.C17H15ClN2O4/c19-18(20,21)28-12-3-1-11(2-4-12)27-13-5-6-14-15(7-13)23(16(24)22-14)8-17(25)9-26-10-17;18-11-1-3-12(4-2-11)24-13-5-6-14-15(7-13)20(16(21)19-14)8-17(22)9-23-10-17/h1-7,25H,8-10H2,(H,22,24);1-7,22H,8-10H2,(H,19,21). The minimum atomic E-state index is -4.76. The van der Waals surface area contributed by atoms with Crippen LogP contribution in [0.5, 0.6) is 28.7 Å². The zero-order valence-electron chi connectivity index (χ0n) is 27.0. The molecule has 2 aliphatic heterocycles. The van der Waals surface area contributed by atoms with Crippen molar-refractivity contribution in [3.63, 3.8) is 0 Å². The van der Waals surface area contributed by atoms with Crippen molar-refractivity contribution in [3.05, 3.63) is 111 Å². The Hall–Kier alpha value is -5.26. The minimum Gasteiger partial charge on any atom is -0.457 e. The first-order chi connectivity index (χ1) is 24.7. The molecule has 2 aromatic heterocycles. The number of hydrogen-bond donors (Lipinski definition) is 4. The van der Waals surface area contributed by atoms with E-state index < -0.39 is 17.6 Å². The molecular weight excluding hydrogens is 713 g/mol. The number of rotatable bonds is 9. The summed E-state index contributed by atoms with van der Waals surface area (Å²) in [4.78, 5) is 29.8. The van der Waals surface area contributed by atoms with Gasteiger partial charge in [0.2, 0.25) is 0 Å². The molecule has 17 heteroatoms. The van der Waals surface area contributed by atoms with Crippen LogP contribution in [0.2, 0.25) is 5.02 Å². The van der Waals surface area contributed by atoms with Crippen LogP contribution < -0.4 is 25.6 Å². The van der Waals surface area contributed by atoms with E-state index in [1.54, 1.807) is 60.7 Å². The monoisotopic (exact) mass is 742 g/mol. The lowest BCUT2D eigenvalue weighted by atomic mass is 10.0. The highest BCUT2D eigenvalue weighted by molar-refractivity contribution is 6.30. The van der Waals surface area contributed by atoms with E-state index in [1.807, 2.05) is 0 Å². The Kier molecular flexibility index (Phi) is 9.26. The van der Waals surface area contributed by atoms with Crippen molar-refractivity contribution in [3.8, 4) is 28.7 Å². The van der Waals surface area contributed by atoms with E-state index in [-0.39, 0.29) is 56.6 Å². The number of H-pyrrole nitrogens is 2. The normalized spacial score (nSPS) is 16.0. The second-order valence-electron chi connectivity index (χ2n) is 12.5. The summed E-state index contributed by atoms with van der Waals surface area (Å²) in [5, 5.41) is 21.1. The lowest BCUT2D eigenvalue weighted by molar-refractivity contribution is -0.274. The number of aromatic amines is 2. The fourth-order valence-electron chi connectivity index (χ4n) is 5.64. The second kappa shape index (κ2) is 13.7. The van der Waals surface area contributed by atoms with Crippen molar-refractivity contribution >= 4 is 33.7 Å². The molecule has 0 amide bonds. The third kappa shape index (κ3) is 7.95. The average molecular weight is 743 g/mol. The van der Waals surface area contributed by atoms with Gasteiger partial charge in [0.05, 0.1) is 61.6 Å². The first-order valence-corrected chi connectivity index (χ1v) is 16.1. The number of fused-ring (bicyclic) bond motifs is 2. The van der Waals surface area contributed by atoms with Crippen LogP contribution in [0.15, 0.2) is 94.5 Å². The number of alkyl halides is 3. The van der Waals surface area contributed by atoms with Crippen molar-refractivity contribution < 1.29 is 47.1 Å². The van der Waals surface area contributed by atoms with Crippen LogP contribution in [0.1, 0.15) is 0 Å². The quantitative estimate of drug-likeness (QED) is 0.154. The predicted molar refractivity (Wildman–Crippen MR) is 181 cm³/mol. The number of aliphatic hydroxyl groups is 2. The van der Waals surface area contributed by atoms with E-state index >= 15 is 0 Å². The van der Waals surface area contributed by atoms with Crippen molar-refractivity contribution in [2.24, 2.45) is 0 Å². The molecule has 0 aliphatic carbocycles. The van der Waals surface area contributed by atoms with E-state index in [9.17, 15) is 33.0 Å². The summed E-state index contributed by atoms with van der Waals surface area (Å²) in [5.74, 6) is 1.56. The third-order valence-corrected chi connectivity index (χ3v) is 8.48. The van der Waals surface area contributed by atoms with Gasteiger partial charge in [-0.1, -0.05) is 11.6 Å². The molecule has 0 spiro atoms. The largest absolute Gasteiger partial charge is 0.573 e. The topological polar surface area (TPSA) is 162 Å². The Morgan fingerprint density at radius 3 is 1.42 bits per heavy atom. The highest BCUT2D eigenvalue weighted by atomic mass is 35.5. The lowest BCUT2D eigenvalue weighted by Crippen LogP contribution is -2.53. The molecule has 0 atom stereocenters. The Morgan fingerprint density at radius 2 is 1.04 bits per heavy atom. The summed E-state index contributed by atoms with van der Waals surface area (Å²) in [5.41, 5.74) is -0.278. The number of nitrogens with one attached hydrogen (secondary N) is 2. The summed E-state index contributed by atoms with van der Waals surface area (Å²) in [6, 6.07) is 22.2. The number of benzene rings is 4. The molecule has 6 aromatic rings. The summed E-state index contributed by atoms with van der Waals surface area (Å²) >= 11 is 5.87. The van der Waals surface area contributed by atoms with Crippen LogP contribution >= 0.6 is 11.6 Å². The van der Waals surface area contributed by atoms with Gasteiger partial charge in [0.25, 0.3) is 0 Å². The van der Waals surface area contributed by atoms with Crippen LogP contribution in [0, 0.1) is 0 Å². The molecule has 0 saturated carbocycles. The summed E-state index contributed by atoms with van der Waals surface area (Å²) in [6.07, 6.45) is -4.76. The van der Waals surface area contributed by atoms with Gasteiger partial charge in [-0.15, -0.1) is 13.2 Å². The summed E-state index contributed by atoms with van der Waals surface area (Å²) < 4.78 is 64.9. The lowest BCUT2D eigenvalue weighted by Gasteiger charge is -2.36. The Bertz CT molecular complexity index is 2330. The zero-order valence-corrected chi connectivity index (χ0v) is 27.7. The van der Waals surface area contributed by atoms with E-state index in [2.05, 4.69) is 14.7 Å². The second-order valence-corrected chi connectivity index (χ2v) is 12.9. The van der Waals surface area contributed by atoms with Crippen molar-refractivity contribution in [1.82, 2.24) is 19.1 Å². The molecule has 4 heterocycles. The molecule has 2 aliphatic rings. The molecular formula is C35H30ClF3N4O9. The highest BCUT2D eigenvalue weighted by Crippen LogP contribution is 2.30.